The van der Waals surface area contributed by atoms with Crippen molar-refractivity contribution in [2.75, 3.05) is 38.0 Å². The quantitative estimate of drug-likeness (QED) is 0.676. The topological polar surface area (TPSA) is 71.2 Å². The van der Waals surface area contributed by atoms with E-state index in [1.807, 2.05) is 56.0 Å². The molecule has 0 saturated heterocycles. The number of anilines is 2. The van der Waals surface area contributed by atoms with E-state index >= 15 is 0 Å². The minimum Gasteiger partial charge on any atom is -0.482 e. The van der Waals surface area contributed by atoms with E-state index in [0.717, 1.165) is 27.3 Å². The minimum atomic E-state index is -0.156. The van der Waals surface area contributed by atoms with Crippen molar-refractivity contribution < 1.29 is 9.53 Å². The van der Waals surface area contributed by atoms with E-state index in [4.69, 9.17) is 4.74 Å². The van der Waals surface area contributed by atoms with Gasteiger partial charge in [-0.1, -0.05) is 12.1 Å². The van der Waals surface area contributed by atoms with Gasteiger partial charge >= 0.3 is 0 Å². The molecule has 0 radical (unpaired) electrons. The number of ether oxygens (including phenoxy) is 1. The second-order valence-corrected chi connectivity index (χ2v) is 7.55. The van der Waals surface area contributed by atoms with Crippen LogP contribution in [0.5, 0.6) is 5.75 Å². The number of nitrogens with one attached hydrogen (secondary N) is 1. The lowest BCUT2D eigenvalue weighted by Crippen LogP contribution is -2.25. The molecule has 0 unspecified atom stereocenters. The number of hydrogen-bond acceptors (Lipinski definition) is 6. The summed E-state index contributed by atoms with van der Waals surface area (Å²) < 4.78 is 7.25. The molecule has 29 heavy (non-hydrogen) atoms. The lowest BCUT2D eigenvalue weighted by Gasteiger charge is -2.18. The molecule has 8 heteroatoms. The molecule has 4 rings (SSSR count). The van der Waals surface area contributed by atoms with Crippen LogP contribution in [0.25, 0.3) is 11.3 Å². The number of thiazole rings is 1. The maximum atomic E-state index is 11.6. The molecule has 0 bridgehead atoms. The van der Waals surface area contributed by atoms with Crippen molar-refractivity contribution in [3.05, 3.63) is 58.2 Å². The van der Waals surface area contributed by atoms with E-state index in [9.17, 15) is 4.79 Å². The van der Waals surface area contributed by atoms with E-state index in [1.165, 1.54) is 11.3 Å². The second-order valence-electron chi connectivity index (χ2n) is 6.72. The van der Waals surface area contributed by atoms with Crippen LogP contribution in [0.2, 0.25) is 0 Å². The maximum absolute atomic E-state index is 11.6. The summed E-state index contributed by atoms with van der Waals surface area (Å²) in [5.74, 6) is 0.510. The summed E-state index contributed by atoms with van der Waals surface area (Å²) in [4.78, 5) is 18.8. The average Bonchev–Trinajstić information content (AvgIpc) is 3.14. The number of amides is 1. The fourth-order valence-electron chi connectivity index (χ4n) is 2.99. The Bertz CT molecular complexity index is 1140. The largest absolute Gasteiger partial charge is 0.482 e. The summed E-state index contributed by atoms with van der Waals surface area (Å²) in [6, 6.07) is 13.9. The standard InChI is InChI=1S/C21H21N5O2S/c1-22-21-26(23-11-14-4-7-16(8-5-14)25(2)3)18(13-29-21)15-6-9-19-17(10-15)24-20(27)12-28-19/h4-11,13H,12H2,1-3H3,(H,24,27). The molecule has 1 aliphatic rings. The lowest BCUT2D eigenvalue weighted by atomic mass is 10.1. The van der Waals surface area contributed by atoms with Crippen molar-refractivity contribution in [1.82, 2.24) is 4.68 Å². The predicted octanol–water partition coefficient (Wildman–Crippen LogP) is 3.03. The Hall–Kier alpha value is -3.39. The number of fused-ring (bicyclic) bond motifs is 1. The summed E-state index contributed by atoms with van der Waals surface area (Å²) >= 11 is 1.51. The zero-order chi connectivity index (χ0) is 20.4. The van der Waals surface area contributed by atoms with Crippen LogP contribution in [0.4, 0.5) is 11.4 Å². The van der Waals surface area contributed by atoms with Gasteiger partial charge < -0.3 is 15.0 Å². The van der Waals surface area contributed by atoms with Gasteiger partial charge in [0.2, 0.25) is 4.80 Å². The Morgan fingerprint density at radius 1 is 1.21 bits per heavy atom. The SMILES string of the molecule is CN=c1scc(-c2ccc3c(c2)NC(=O)CO3)n1N=Cc1ccc(N(C)C)cc1. The molecule has 1 amide bonds. The number of hydrogen-bond donors (Lipinski definition) is 1. The Kier molecular flexibility index (Phi) is 5.18. The van der Waals surface area contributed by atoms with Crippen LogP contribution >= 0.6 is 11.3 Å². The molecule has 7 nitrogen and oxygen atoms in total. The van der Waals surface area contributed by atoms with Gasteiger partial charge in [0.1, 0.15) is 5.75 Å². The third-order valence-electron chi connectivity index (χ3n) is 4.52. The van der Waals surface area contributed by atoms with Crippen molar-refractivity contribution in [2.24, 2.45) is 10.1 Å². The van der Waals surface area contributed by atoms with Crippen LogP contribution in [0.15, 0.2) is 57.9 Å². The molecule has 2 heterocycles. The Morgan fingerprint density at radius 2 is 2.00 bits per heavy atom. The molecule has 1 N–H and O–H groups in total. The Balaban J connectivity index is 1.69. The molecular formula is C21H21N5O2S. The van der Waals surface area contributed by atoms with Gasteiger partial charge in [0.25, 0.3) is 5.91 Å². The van der Waals surface area contributed by atoms with E-state index in [0.29, 0.717) is 11.4 Å². The highest BCUT2D eigenvalue weighted by molar-refractivity contribution is 7.07. The van der Waals surface area contributed by atoms with Gasteiger partial charge in [-0.2, -0.15) is 5.10 Å². The van der Waals surface area contributed by atoms with Crippen molar-refractivity contribution in [1.29, 1.82) is 0 Å². The molecule has 0 saturated carbocycles. The first-order valence-corrected chi connectivity index (χ1v) is 9.95. The van der Waals surface area contributed by atoms with E-state index in [-0.39, 0.29) is 12.5 Å². The molecule has 0 atom stereocenters. The Labute approximate surface area is 172 Å². The van der Waals surface area contributed by atoms with Crippen LogP contribution in [0, 0.1) is 0 Å². The highest BCUT2D eigenvalue weighted by atomic mass is 32.1. The van der Waals surface area contributed by atoms with Gasteiger partial charge in [0, 0.05) is 37.8 Å². The lowest BCUT2D eigenvalue weighted by molar-refractivity contribution is -0.118. The van der Waals surface area contributed by atoms with Crippen LogP contribution in [-0.4, -0.2) is 44.5 Å². The van der Waals surface area contributed by atoms with Crippen molar-refractivity contribution in [3.8, 4) is 17.0 Å². The van der Waals surface area contributed by atoms with Gasteiger partial charge in [-0.25, -0.2) is 4.68 Å². The number of carbonyl (C=O) groups is 1. The monoisotopic (exact) mass is 407 g/mol. The molecule has 1 aliphatic heterocycles. The molecule has 148 valence electrons. The van der Waals surface area contributed by atoms with Gasteiger partial charge in [-0.3, -0.25) is 9.79 Å². The summed E-state index contributed by atoms with van der Waals surface area (Å²) in [7, 11) is 5.77. The molecule has 3 aromatic rings. The second kappa shape index (κ2) is 7.92. The first-order valence-electron chi connectivity index (χ1n) is 9.07. The first kappa shape index (κ1) is 18.9. The first-order chi connectivity index (χ1) is 14.0. The average molecular weight is 407 g/mol. The van der Waals surface area contributed by atoms with Crippen molar-refractivity contribution in [3.63, 3.8) is 0 Å². The van der Waals surface area contributed by atoms with E-state index in [1.54, 1.807) is 11.7 Å². The smallest absolute Gasteiger partial charge is 0.262 e. The third-order valence-corrected chi connectivity index (χ3v) is 5.42. The van der Waals surface area contributed by atoms with E-state index < -0.39 is 0 Å². The van der Waals surface area contributed by atoms with Gasteiger partial charge in [-0.15, -0.1) is 11.3 Å². The highest BCUT2D eigenvalue weighted by Gasteiger charge is 2.17. The number of rotatable bonds is 4. The van der Waals surface area contributed by atoms with Gasteiger partial charge in [0.15, 0.2) is 6.61 Å². The van der Waals surface area contributed by atoms with Gasteiger partial charge in [-0.05, 0) is 35.9 Å². The zero-order valence-corrected chi connectivity index (χ0v) is 17.2. The number of aromatic nitrogens is 1. The molecule has 0 fully saturated rings. The van der Waals surface area contributed by atoms with Crippen LogP contribution in [0.1, 0.15) is 5.56 Å². The molecular weight excluding hydrogens is 386 g/mol. The Morgan fingerprint density at radius 3 is 2.72 bits per heavy atom. The number of nitrogens with zero attached hydrogens (tertiary/aromatic N) is 4. The number of carbonyl (C=O) groups excluding carboxylic acids is 1. The third kappa shape index (κ3) is 3.93. The fourth-order valence-corrected chi connectivity index (χ4v) is 3.79. The molecule has 0 spiro atoms. The summed E-state index contributed by atoms with van der Waals surface area (Å²) in [5, 5.41) is 9.51. The molecule has 1 aromatic heterocycles. The highest BCUT2D eigenvalue weighted by Crippen LogP contribution is 2.32. The van der Waals surface area contributed by atoms with Crippen LogP contribution in [-0.2, 0) is 4.79 Å². The maximum Gasteiger partial charge on any atom is 0.262 e. The molecule has 2 aromatic carbocycles. The van der Waals surface area contributed by atoms with Gasteiger partial charge in [0.05, 0.1) is 17.6 Å². The van der Waals surface area contributed by atoms with E-state index in [2.05, 4.69) is 32.4 Å². The summed E-state index contributed by atoms with van der Waals surface area (Å²) in [6.45, 7) is 0.0422. The fraction of sp³-hybridized carbons (Fsp3) is 0.190. The summed E-state index contributed by atoms with van der Waals surface area (Å²) in [5.41, 5.74) is 4.59. The van der Waals surface area contributed by atoms with Crippen molar-refractivity contribution >= 4 is 34.8 Å². The number of benzene rings is 2. The van der Waals surface area contributed by atoms with Crippen LogP contribution in [0.3, 0.4) is 0 Å². The zero-order valence-electron chi connectivity index (χ0n) is 16.4. The van der Waals surface area contributed by atoms with Crippen molar-refractivity contribution in [2.45, 2.75) is 0 Å². The normalized spacial score (nSPS) is 13.9. The molecule has 0 aliphatic carbocycles. The predicted molar refractivity (Wildman–Crippen MR) is 117 cm³/mol. The minimum absolute atomic E-state index is 0.0422. The summed E-state index contributed by atoms with van der Waals surface area (Å²) in [6.07, 6.45) is 1.81. The van der Waals surface area contributed by atoms with Crippen LogP contribution < -0.4 is 19.8 Å².